The Balaban J connectivity index is 1.40. The van der Waals surface area contributed by atoms with Crippen molar-refractivity contribution in [1.82, 2.24) is 14.5 Å². The molecular formula is C47H51N3O10S. The minimum Gasteiger partial charge on any atom is -0.460 e. The maximum atomic E-state index is 13.5. The second-order valence-corrected chi connectivity index (χ2v) is 16.1. The van der Waals surface area contributed by atoms with Gasteiger partial charge in [0.25, 0.3) is 0 Å². The normalized spacial score (nSPS) is 11.8. The van der Waals surface area contributed by atoms with Crippen LogP contribution in [0.5, 0.6) is 0 Å². The van der Waals surface area contributed by atoms with Gasteiger partial charge in [-0.05, 0) is 47.7 Å². The van der Waals surface area contributed by atoms with Crippen molar-refractivity contribution >= 4 is 33.9 Å². The molecule has 0 saturated carbocycles. The molecule has 0 saturated heterocycles. The van der Waals surface area contributed by atoms with Gasteiger partial charge in [0.1, 0.15) is 26.4 Å². The lowest BCUT2D eigenvalue weighted by Gasteiger charge is -2.34. The SMILES string of the molecule is Cc1ccc(S(=O)(=O)NCCC(CN(CC(=O)OCc2ccccc2)CC(=O)OCc2ccccc2)N(CC(=O)OCc2ccccc2)CC(=O)OCc2ccccc2)cc1. The third-order valence-corrected chi connectivity index (χ3v) is 10.9. The highest BCUT2D eigenvalue weighted by Crippen LogP contribution is 2.15. The molecule has 1 N–H and O–H groups in total. The summed E-state index contributed by atoms with van der Waals surface area (Å²) in [5, 5.41) is 0. The third-order valence-electron chi connectivity index (χ3n) is 9.43. The van der Waals surface area contributed by atoms with Crippen molar-refractivity contribution in [2.75, 3.05) is 39.3 Å². The van der Waals surface area contributed by atoms with E-state index in [-0.39, 0.29) is 63.9 Å². The van der Waals surface area contributed by atoms with Crippen LogP contribution in [0.15, 0.2) is 150 Å². The summed E-state index contributed by atoms with van der Waals surface area (Å²) in [5.74, 6) is -2.62. The average Bonchev–Trinajstić information content (AvgIpc) is 3.27. The first-order chi connectivity index (χ1) is 29.5. The lowest BCUT2D eigenvalue weighted by Crippen LogP contribution is -2.51. The van der Waals surface area contributed by atoms with E-state index in [0.717, 1.165) is 27.8 Å². The smallest absolute Gasteiger partial charge is 0.320 e. The van der Waals surface area contributed by atoms with Crippen LogP contribution < -0.4 is 4.72 Å². The highest BCUT2D eigenvalue weighted by atomic mass is 32.2. The van der Waals surface area contributed by atoms with Crippen LogP contribution in [0.3, 0.4) is 0 Å². The Bertz CT molecular complexity index is 2110. The fraction of sp³-hybridized carbons (Fsp3) is 0.277. The van der Waals surface area contributed by atoms with Gasteiger partial charge < -0.3 is 18.9 Å². The maximum absolute atomic E-state index is 13.5. The van der Waals surface area contributed by atoms with Gasteiger partial charge in [-0.1, -0.05) is 139 Å². The van der Waals surface area contributed by atoms with Crippen LogP contribution in [0.2, 0.25) is 0 Å². The molecule has 0 aliphatic carbocycles. The van der Waals surface area contributed by atoms with Crippen molar-refractivity contribution in [2.45, 2.75) is 50.7 Å². The van der Waals surface area contributed by atoms with Crippen molar-refractivity contribution in [1.29, 1.82) is 0 Å². The van der Waals surface area contributed by atoms with E-state index in [2.05, 4.69) is 4.72 Å². The van der Waals surface area contributed by atoms with E-state index < -0.39 is 53.0 Å². The van der Waals surface area contributed by atoms with E-state index in [1.54, 1.807) is 36.4 Å². The second-order valence-electron chi connectivity index (χ2n) is 14.3. The van der Waals surface area contributed by atoms with Crippen LogP contribution in [0.1, 0.15) is 34.2 Å². The van der Waals surface area contributed by atoms with Gasteiger partial charge in [0.2, 0.25) is 10.0 Å². The van der Waals surface area contributed by atoms with Crippen molar-refractivity contribution < 1.29 is 46.5 Å². The van der Waals surface area contributed by atoms with Crippen molar-refractivity contribution in [3.8, 4) is 0 Å². The van der Waals surface area contributed by atoms with E-state index in [1.165, 1.54) is 21.9 Å². The van der Waals surface area contributed by atoms with E-state index in [1.807, 2.05) is 104 Å². The molecule has 0 aliphatic rings. The van der Waals surface area contributed by atoms with Crippen LogP contribution in [0.4, 0.5) is 0 Å². The third kappa shape index (κ3) is 16.8. The number of benzene rings is 5. The summed E-state index contributed by atoms with van der Waals surface area (Å²) in [6.45, 7) is -0.0381. The van der Waals surface area contributed by atoms with Crippen LogP contribution in [-0.4, -0.2) is 87.4 Å². The number of hydrogen-bond acceptors (Lipinski definition) is 12. The number of nitrogens with one attached hydrogen (secondary N) is 1. The number of ether oxygens (including phenoxy) is 4. The summed E-state index contributed by atoms with van der Waals surface area (Å²) in [6, 6.07) is 41.9. The Morgan fingerprint density at radius 1 is 0.508 bits per heavy atom. The number of carbonyl (C=O) groups excluding carboxylic acids is 4. The standard InChI is InChI=1S/C47H51N3O10S/c1-37-22-24-43(25-23-37)61(55,56)48-27-26-42(50(31-46(53)59-35-40-18-10-4-11-19-40)32-47(54)60-36-41-20-12-5-13-21-41)28-49(29-44(51)57-33-38-14-6-2-7-15-38)30-45(52)58-34-39-16-8-3-9-17-39/h2-25,42,48H,26-36H2,1H3. The van der Waals surface area contributed by atoms with Crippen LogP contribution in [0.25, 0.3) is 0 Å². The van der Waals surface area contributed by atoms with E-state index in [9.17, 15) is 27.6 Å². The number of esters is 4. The number of nitrogens with zero attached hydrogens (tertiary/aromatic N) is 2. The Morgan fingerprint density at radius 2 is 0.852 bits per heavy atom. The van der Waals surface area contributed by atoms with Gasteiger partial charge in [0, 0.05) is 19.1 Å². The molecule has 0 bridgehead atoms. The van der Waals surface area contributed by atoms with Gasteiger partial charge in [-0.25, -0.2) is 13.1 Å². The van der Waals surface area contributed by atoms with E-state index in [4.69, 9.17) is 18.9 Å². The summed E-state index contributed by atoms with van der Waals surface area (Å²) in [7, 11) is -3.97. The highest BCUT2D eigenvalue weighted by molar-refractivity contribution is 7.89. The zero-order valence-corrected chi connectivity index (χ0v) is 34.9. The molecule has 0 heterocycles. The van der Waals surface area contributed by atoms with E-state index in [0.29, 0.717) is 0 Å². The fourth-order valence-corrected chi connectivity index (χ4v) is 7.23. The summed E-state index contributed by atoms with van der Waals surface area (Å²) in [5.41, 5.74) is 3.91. The van der Waals surface area contributed by atoms with Gasteiger partial charge in [0.05, 0.1) is 31.1 Å². The molecule has 0 fully saturated rings. The lowest BCUT2D eigenvalue weighted by molar-refractivity contribution is -0.154. The number of aryl methyl sites for hydroxylation is 1. The predicted octanol–water partition coefficient (Wildman–Crippen LogP) is 5.61. The number of carbonyl (C=O) groups is 4. The molecule has 0 radical (unpaired) electrons. The Morgan fingerprint density at radius 3 is 1.21 bits per heavy atom. The minimum absolute atomic E-state index is 0.0111. The average molecular weight is 850 g/mol. The van der Waals surface area contributed by atoms with Gasteiger partial charge in [-0.3, -0.25) is 29.0 Å². The van der Waals surface area contributed by atoms with Gasteiger partial charge >= 0.3 is 23.9 Å². The number of hydrogen-bond donors (Lipinski definition) is 1. The molecule has 5 aromatic carbocycles. The Labute approximate surface area is 357 Å². The fourth-order valence-electron chi connectivity index (χ4n) is 6.18. The molecule has 0 aliphatic heterocycles. The first kappa shape index (κ1) is 45.9. The highest BCUT2D eigenvalue weighted by Gasteiger charge is 2.29. The monoisotopic (exact) mass is 849 g/mol. The molecular weight excluding hydrogens is 799 g/mol. The van der Waals surface area contributed by atoms with Crippen molar-refractivity contribution in [3.63, 3.8) is 0 Å². The van der Waals surface area contributed by atoms with Crippen LogP contribution in [0, 0.1) is 6.92 Å². The quantitative estimate of drug-likeness (QED) is 0.0606. The van der Waals surface area contributed by atoms with E-state index >= 15 is 0 Å². The molecule has 5 rings (SSSR count). The maximum Gasteiger partial charge on any atom is 0.320 e. The number of rotatable bonds is 24. The van der Waals surface area contributed by atoms with Gasteiger partial charge in [0.15, 0.2) is 0 Å². The van der Waals surface area contributed by atoms with Crippen molar-refractivity contribution in [2.24, 2.45) is 0 Å². The minimum atomic E-state index is -3.97. The van der Waals surface area contributed by atoms with Crippen LogP contribution >= 0.6 is 0 Å². The Hall–Kier alpha value is -6.19. The largest absolute Gasteiger partial charge is 0.460 e. The molecule has 61 heavy (non-hydrogen) atoms. The molecule has 14 heteroatoms. The van der Waals surface area contributed by atoms with Crippen LogP contribution in [-0.2, 0) is 74.6 Å². The molecule has 1 unspecified atom stereocenters. The molecule has 0 spiro atoms. The summed E-state index contributed by atoms with van der Waals surface area (Å²) >= 11 is 0. The molecule has 1 atom stereocenters. The topological polar surface area (TPSA) is 158 Å². The van der Waals surface area contributed by atoms with Crippen molar-refractivity contribution in [3.05, 3.63) is 173 Å². The van der Waals surface area contributed by atoms with Gasteiger partial charge in [-0.15, -0.1) is 0 Å². The first-order valence-corrected chi connectivity index (χ1v) is 21.3. The summed E-state index contributed by atoms with van der Waals surface area (Å²) in [4.78, 5) is 56.9. The molecule has 0 amide bonds. The second kappa shape index (κ2) is 24.2. The predicted molar refractivity (Wildman–Crippen MR) is 228 cm³/mol. The number of sulfonamides is 1. The van der Waals surface area contributed by atoms with Gasteiger partial charge in [-0.2, -0.15) is 0 Å². The lowest BCUT2D eigenvalue weighted by atomic mass is 10.1. The zero-order valence-electron chi connectivity index (χ0n) is 34.1. The summed E-state index contributed by atoms with van der Waals surface area (Å²) < 4.78 is 51.8. The zero-order chi connectivity index (χ0) is 43.3. The molecule has 13 nitrogen and oxygen atoms in total. The first-order valence-electron chi connectivity index (χ1n) is 19.8. The molecule has 5 aromatic rings. The molecule has 320 valence electrons. The Kier molecular flexibility index (Phi) is 18.2. The molecule has 0 aromatic heterocycles. The summed E-state index contributed by atoms with van der Waals surface area (Å²) in [6.07, 6.45) is 0.0254.